The van der Waals surface area contributed by atoms with Crippen LogP contribution in [0, 0.1) is 0 Å². The molecule has 58 valence electrons. The maximum Gasteiger partial charge on any atom is 0.138 e. The van der Waals surface area contributed by atoms with E-state index in [2.05, 4.69) is 0 Å². The van der Waals surface area contributed by atoms with Gasteiger partial charge in [0.2, 0.25) is 0 Å². The standard InChI is InChI=1S/C8H8O2S/c9-4-6-1-2-7-8(3-6)11-5-10-7/h1-3,9H,4-5H2. The van der Waals surface area contributed by atoms with Gasteiger partial charge in [0, 0.05) is 0 Å². The fourth-order valence-corrected chi connectivity index (χ4v) is 1.86. The van der Waals surface area contributed by atoms with E-state index in [0.717, 1.165) is 16.2 Å². The SMILES string of the molecule is OCc1ccc2c(c1)SCO2. The van der Waals surface area contributed by atoms with Crippen molar-refractivity contribution in [1.29, 1.82) is 0 Å². The Balaban J connectivity index is 2.41. The molecule has 3 heteroatoms. The highest BCUT2D eigenvalue weighted by atomic mass is 32.2. The van der Waals surface area contributed by atoms with Crippen molar-refractivity contribution < 1.29 is 9.84 Å². The summed E-state index contributed by atoms with van der Waals surface area (Å²) in [7, 11) is 0. The van der Waals surface area contributed by atoms with Crippen LogP contribution < -0.4 is 4.74 Å². The number of aliphatic hydroxyl groups excluding tert-OH is 1. The number of aliphatic hydroxyl groups is 1. The van der Waals surface area contributed by atoms with E-state index >= 15 is 0 Å². The van der Waals surface area contributed by atoms with Crippen LogP contribution >= 0.6 is 11.8 Å². The number of fused-ring (bicyclic) bond motifs is 1. The zero-order valence-corrected chi connectivity index (χ0v) is 6.73. The van der Waals surface area contributed by atoms with Gasteiger partial charge < -0.3 is 9.84 Å². The predicted octanol–water partition coefficient (Wildman–Crippen LogP) is 1.62. The summed E-state index contributed by atoms with van der Waals surface area (Å²) < 4.78 is 5.28. The monoisotopic (exact) mass is 168 g/mol. The lowest BCUT2D eigenvalue weighted by Crippen LogP contribution is -1.84. The fourth-order valence-electron chi connectivity index (χ4n) is 1.04. The molecule has 0 radical (unpaired) electrons. The molecule has 1 heterocycles. The molecule has 11 heavy (non-hydrogen) atoms. The summed E-state index contributed by atoms with van der Waals surface area (Å²) in [6, 6.07) is 5.75. The summed E-state index contributed by atoms with van der Waals surface area (Å²) in [6.07, 6.45) is 0. The van der Waals surface area contributed by atoms with Gasteiger partial charge in [0.1, 0.15) is 11.7 Å². The Morgan fingerprint density at radius 2 is 2.45 bits per heavy atom. The van der Waals surface area contributed by atoms with Crippen molar-refractivity contribution in [2.45, 2.75) is 11.5 Å². The molecule has 2 nitrogen and oxygen atoms in total. The Labute approximate surface area is 69.2 Å². The van der Waals surface area contributed by atoms with Gasteiger partial charge >= 0.3 is 0 Å². The second kappa shape index (κ2) is 2.75. The molecule has 0 atom stereocenters. The van der Waals surface area contributed by atoms with Crippen LogP contribution in [0.4, 0.5) is 0 Å². The molecule has 0 fully saturated rings. The highest BCUT2D eigenvalue weighted by Crippen LogP contribution is 2.36. The summed E-state index contributed by atoms with van der Waals surface area (Å²) in [4.78, 5) is 1.14. The third-order valence-corrected chi connectivity index (χ3v) is 2.49. The van der Waals surface area contributed by atoms with Gasteiger partial charge in [0.15, 0.2) is 0 Å². The topological polar surface area (TPSA) is 29.5 Å². The van der Waals surface area contributed by atoms with Crippen molar-refractivity contribution in [1.82, 2.24) is 0 Å². The second-order valence-electron chi connectivity index (χ2n) is 2.35. The molecule has 0 aliphatic carbocycles. The number of rotatable bonds is 1. The third kappa shape index (κ3) is 1.21. The number of ether oxygens (including phenoxy) is 1. The quantitative estimate of drug-likeness (QED) is 0.691. The lowest BCUT2D eigenvalue weighted by molar-refractivity contribution is 0.281. The minimum atomic E-state index is 0.105. The number of benzene rings is 1. The van der Waals surface area contributed by atoms with Crippen LogP contribution in [-0.2, 0) is 6.61 Å². The van der Waals surface area contributed by atoms with Crippen molar-refractivity contribution in [3.63, 3.8) is 0 Å². The Kier molecular flexibility index (Phi) is 1.75. The Morgan fingerprint density at radius 3 is 3.27 bits per heavy atom. The van der Waals surface area contributed by atoms with Gasteiger partial charge in [-0.3, -0.25) is 0 Å². The molecule has 1 aliphatic rings. The van der Waals surface area contributed by atoms with Gasteiger partial charge in [0.25, 0.3) is 0 Å². The molecule has 1 aliphatic heterocycles. The van der Waals surface area contributed by atoms with E-state index in [1.54, 1.807) is 11.8 Å². The van der Waals surface area contributed by atoms with Crippen molar-refractivity contribution in [2.24, 2.45) is 0 Å². The highest BCUT2D eigenvalue weighted by molar-refractivity contribution is 7.99. The molecule has 0 bridgehead atoms. The van der Waals surface area contributed by atoms with E-state index in [1.165, 1.54) is 0 Å². The molecule has 0 unspecified atom stereocenters. The minimum absolute atomic E-state index is 0.105. The summed E-state index contributed by atoms with van der Waals surface area (Å²) >= 11 is 1.66. The highest BCUT2D eigenvalue weighted by Gasteiger charge is 2.11. The first-order chi connectivity index (χ1) is 5.40. The normalized spacial score (nSPS) is 14.3. The van der Waals surface area contributed by atoms with Gasteiger partial charge in [-0.05, 0) is 17.7 Å². The average molecular weight is 168 g/mol. The van der Waals surface area contributed by atoms with Crippen LogP contribution in [0.25, 0.3) is 0 Å². The molecule has 0 saturated heterocycles. The largest absolute Gasteiger partial charge is 0.481 e. The number of hydrogen-bond acceptors (Lipinski definition) is 3. The summed E-state index contributed by atoms with van der Waals surface area (Å²) in [5.74, 6) is 1.64. The van der Waals surface area contributed by atoms with E-state index in [0.29, 0.717) is 5.94 Å². The molecule has 0 spiro atoms. The molecule has 0 saturated carbocycles. The molecule has 1 aromatic carbocycles. The Bertz CT molecular complexity index is 273. The maximum atomic E-state index is 8.82. The predicted molar refractivity (Wildman–Crippen MR) is 43.7 cm³/mol. The molecule has 0 amide bonds. The molecular formula is C8H8O2S. The van der Waals surface area contributed by atoms with Crippen molar-refractivity contribution in [3.8, 4) is 5.75 Å². The number of thioether (sulfide) groups is 1. The van der Waals surface area contributed by atoms with Gasteiger partial charge in [-0.1, -0.05) is 17.8 Å². The van der Waals surface area contributed by atoms with E-state index in [9.17, 15) is 0 Å². The smallest absolute Gasteiger partial charge is 0.138 e. The molecular weight excluding hydrogens is 160 g/mol. The second-order valence-corrected chi connectivity index (χ2v) is 3.31. The molecule has 2 rings (SSSR count). The molecule has 0 aromatic heterocycles. The first kappa shape index (κ1) is 7.00. The lowest BCUT2D eigenvalue weighted by Gasteiger charge is -1.98. The van der Waals surface area contributed by atoms with Crippen LogP contribution in [-0.4, -0.2) is 11.0 Å². The maximum absolute atomic E-state index is 8.82. The van der Waals surface area contributed by atoms with Gasteiger partial charge in [-0.2, -0.15) is 0 Å². The number of hydrogen-bond donors (Lipinski definition) is 1. The summed E-state index contributed by atoms with van der Waals surface area (Å²) in [6.45, 7) is 0.105. The van der Waals surface area contributed by atoms with Crippen LogP contribution in [0.15, 0.2) is 23.1 Å². The van der Waals surface area contributed by atoms with E-state index < -0.39 is 0 Å². The van der Waals surface area contributed by atoms with Gasteiger partial charge in [-0.25, -0.2) is 0 Å². The molecule has 1 aromatic rings. The molecule has 1 N–H and O–H groups in total. The van der Waals surface area contributed by atoms with Crippen molar-refractivity contribution in [3.05, 3.63) is 23.8 Å². The van der Waals surface area contributed by atoms with E-state index in [-0.39, 0.29) is 6.61 Å². The first-order valence-corrected chi connectivity index (χ1v) is 4.38. The van der Waals surface area contributed by atoms with Gasteiger partial charge in [-0.15, -0.1) is 0 Å². The van der Waals surface area contributed by atoms with Crippen LogP contribution in [0.2, 0.25) is 0 Å². The van der Waals surface area contributed by atoms with Crippen molar-refractivity contribution >= 4 is 11.8 Å². The van der Waals surface area contributed by atoms with Gasteiger partial charge in [0.05, 0.1) is 11.5 Å². The Morgan fingerprint density at radius 1 is 1.55 bits per heavy atom. The van der Waals surface area contributed by atoms with E-state index in [4.69, 9.17) is 9.84 Å². The van der Waals surface area contributed by atoms with Crippen LogP contribution in [0.1, 0.15) is 5.56 Å². The van der Waals surface area contributed by atoms with E-state index in [1.807, 2.05) is 18.2 Å². The average Bonchev–Trinajstić information content (AvgIpc) is 2.50. The van der Waals surface area contributed by atoms with Crippen molar-refractivity contribution in [2.75, 3.05) is 5.94 Å². The minimum Gasteiger partial charge on any atom is -0.481 e. The summed E-state index contributed by atoms with van der Waals surface area (Å²) in [5, 5.41) is 8.82. The zero-order chi connectivity index (χ0) is 7.68. The van der Waals surface area contributed by atoms with Crippen LogP contribution in [0.3, 0.4) is 0 Å². The van der Waals surface area contributed by atoms with Crippen LogP contribution in [0.5, 0.6) is 5.75 Å². The summed E-state index contributed by atoms with van der Waals surface area (Å²) in [5.41, 5.74) is 0.946. The fraction of sp³-hybridized carbons (Fsp3) is 0.250. The zero-order valence-electron chi connectivity index (χ0n) is 5.91. The first-order valence-electron chi connectivity index (χ1n) is 3.39. The lowest BCUT2D eigenvalue weighted by atomic mass is 10.2. The Hall–Kier alpha value is -0.670. The third-order valence-electron chi connectivity index (χ3n) is 1.62.